The Bertz CT molecular complexity index is 982. The Hall–Kier alpha value is -2.08. The third-order valence-corrected chi connectivity index (χ3v) is 4.84. The van der Waals surface area contributed by atoms with Crippen LogP contribution in [0.2, 0.25) is 10.0 Å². The standard InChI is InChI=1S/C19H14Cl2FN3S/c1-12(6-7-13-4-2-3-5-17(13)22)24-25-19-23-18(11-26-19)15-9-8-14(20)10-16(15)21/h2-6,8-11H,7H2,1H3. The highest BCUT2D eigenvalue weighted by Crippen LogP contribution is 2.33. The lowest BCUT2D eigenvalue weighted by Crippen LogP contribution is -1.87. The van der Waals surface area contributed by atoms with Gasteiger partial charge in [-0.3, -0.25) is 0 Å². The molecule has 0 aliphatic rings. The zero-order valence-corrected chi connectivity index (χ0v) is 16.1. The fourth-order valence-corrected chi connectivity index (χ4v) is 3.36. The van der Waals surface area contributed by atoms with E-state index in [2.05, 4.69) is 15.2 Å². The molecule has 3 nitrogen and oxygen atoms in total. The number of hydrogen-bond donors (Lipinski definition) is 0. The molecule has 0 N–H and O–H groups in total. The summed E-state index contributed by atoms with van der Waals surface area (Å²) in [5.41, 5.74) is 2.82. The predicted octanol–water partition coefficient (Wildman–Crippen LogP) is 7.49. The first-order valence-corrected chi connectivity index (χ1v) is 9.39. The minimum Gasteiger partial charge on any atom is -0.217 e. The summed E-state index contributed by atoms with van der Waals surface area (Å²) in [6.45, 7) is 1.81. The fraction of sp³-hybridized carbons (Fsp3) is 0.105. The second kappa shape index (κ2) is 8.54. The van der Waals surface area contributed by atoms with E-state index >= 15 is 0 Å². The number of rotatable bonds is 5. The van der Waals surface area contributed by atoms with Gasteiger partial charge in [-0.2, -0.15) is 5.11 Å². The van der Waals surface area contributed by atoms with Gasteiger partial charge in [0, 0.05) is 16.0 Å². The zero-order valence-electron chi connectivity index (χ0n) is 13.8. The summed E-state index contributed by atoms with van der Waals surface area (Å²) in [5.74, 6) is -0.224. The van der Waals surface area contributed by atoms with Crippen molar-refractivity contribution in [3.05, 3.63) is 81.0 Å². The van der Waals surface area contributed by atoms with Gasteiger partial charge in [-0.05, 0) is 43.2 Å². The van der Waals surface area contributed by atoms with Crippen molar-refractivity contribution < 1.29 is 4.39 Å². The van der Waals surface area contributed by atoms with Crippen LogP contribution in [0.4, 0.5) is 9.52 Å². The lowest BCUT2D eigenvalue weighted by atomic mass is 10.1. The van der Waals surface area contributed by atoms with Crippen molar-refractivity contribution in [2.45, 2.75) is 13.3 Å². The van der Waals surface area contributed by atoms with E-state index in [4.69, 9.17) is 23.2 Å². The molecule has 0 spiro atoms. The molecular weight excluding hydrogens is 392 g/mol. The molecule has 7 heteroatoms. The van der Waals surface area contributed by atoms with Gasteiger partial charge in [0.1, 0.15) is 5.82 Å². The van der Waals surface area contributed by atoms with E-state index in [0.717, 1.165) is 11.3 Å². The van der Waals surface area contributed by atoms with E-state index in [1.54, 1.807) is 24.3 Å². The molecule has 0 aliphatic heterocycles. The lowest BCUT2D eigenvalue weighted by Gasteiger charge is -2.00. The molecule has 2 aromatic carbocycles. The molecule has 26 heavy (non-hydrogen) atoms. The van der Waals surface area contributed by atoms with Crippen molar-refractivity contribution in [3.8, 4) is 11.3 Å². The lowest BCUT2D eigenvalue weighted by molar-refractivity contribution is 0.614. The first kappa shape index (κ1) is 18.7. The predicted molar refractivity (Wildman–Crippen MR) is 106 cm³/mol. The van der Waals surface area contributed by atoms with Crippen LogP contribution in [0.15, 0.2) is 69.8 Å². The van der Waals surface area contributed by atoms with E-state index in [1.165, 1.54) is 17.4 Å². The van der Waals surface area contributed by atoms with Crippen molar-refractivity contribution in [2.24, 2.45) is 10.2 Å². The number of thiazole rings is 1. The van der Waals surface area contributed by atoms with Crippen LogP contribution in [0.3, 0.4) is 0 Å². The number of allylic oxidation sites excluding steroid dienone is 2. The minimum atomic E-state index is -0.224. The number of benzene rings is 2. The average molecular weight is 406 g/mol. The molecule has 0 fully saturated rings. The number of azo groups is 1. The van der Waals surface area contributed by atoms with Crippen molar-refractivity contribution in [3.63, 3.8) is 0 Å². The largest absolute Gasteiger partial charge is 0.230 e. The Labute approximate surface area is 164 Å². The summed E-state index contributed by atoms with van der Waals surface area (Å²) >= 11 is 13.5. The highest BCUT2D eigenvalue weighted by Gasteiger charge is 2.08. The molecule has 3 aromatic rings. The van der Waals surface area contributed by atoms with E-state index in [9.17, 15) is 4.39 Å². The second-order valence-electron chi connectivity index (χ2n) is 5.48. The Morgan fingerprint density at radius 3 is 2.81 bits per heavy atom. The monoisotopic (exact) mass is 405 g/mol. The summed E-state index contributed by atoms with van der Waals surface area (Å²) < 4.78 is 13.6. The topological polar surface area (TPSA) is 37.6 Å². The number of aromatic nitrogens is 1. The second-order valence-corrected chi connectivity index (χ2v) is 7.16. The van der Waals surface area contributed by atoms with Gasteiger partial charge in [-0.25, -0.2) is 9.37 Å². The van der Waals surface area contributed by atoms with Gasteiger partial charge in [0.05, 0.1) is 16.4 Å². The summed E-state index contributed by atoms with van der Waals surface area (Å²) in [5, 5.41) is 11.8. The molecule has 0 amide bonds. The first-order chi connectivity index (χ1) is 12.5. The quantitative estimate of drug-likeness (QED) is 0.405. The molecule has 0 radical (unpaired) electrons. The van der Waals surface area contributed by atoms with Crippen LogP contribution >= 0.6 is 34.5 Å². The van der Waals surface area contributed by atoms with Crippen molar-refractivity contribution >= 4 is 39.7 Å². The van der Waals surface area contributed by atoms with Gasteiger partial charge in [0.25, 0.3) is 0 Å². The molecule has 132 valence electrons. The van der Waals surface area contributed by atoms with E-state index in [-0.39, 0.29) is 5.82 Å². The van der Waals surface area contributed by atoms with Gasteiger partial charge in [-0.1, -0.05) is 47.5 Å². The summed E-state index contributed by atoms with van der Waals surface area (Å²) in [7, 11) is 0. The summed E-state index contributed by atoms with van der Waals surface area (Å²) in [4.78, 5) is 4.42. The van der Waals surface area contributed by atoms with Crippen LogP contribution in [-0.2, 0) is 6.42 Å². The van der Waals surface area contributed by atoms with Gasteiger partial charge in [0.15, 0.2) is 0 Å². The minimum absolute atomic E-state index is 0.224. The Balaban J connectivity index is 1.70. The SMILES string of the molecule is CC(=CCc1ccccc1F)N=Nc1nc(-c2ccc(Cl)cc2Cl)cs1. The third-order valence-electron chi connectivity index (χ3n) is 3.57. The molecule has 0 saturated heterocycles. The maximum atomic E-state index is 13.6. The van der Waals surface area contributed by atoms with Gasteiger partial charge >= 0.3 is 0 Å². The molecular formula is C19H14Cl2FN3S. The normalized spacial score (nSPS) is 12.1. The highest BCUT2D eigenvalue weighted by atomic mass is 35.5. The van der Waals surface area contributed by atoms with Crippen LogP contribution in [-0.4, -0.2) is 4.98 Å². The highest BCUT2D eigenvalue weighted by molar-refractivity contribution is 7.13. The molecule has 1 heterocycles. The average Bonchev–Trinajstić information content (AvgIpc) is 3.08. The smallest absolute Gasteiger partial charge is 0.217 e. The Morgan fingerprint density at radius 2 is 2.04 bits per heavy atom. The van der Waals surface area contributed by atoms with Gasteiger partial charge in [0.2, 0.25) is 5.13 Å². The zero-order chi connectivity index (χ0) is 18.5. The maximum Gasteiger partial charge on any atom is 0.230 e. The number of nitrogens with zero attached hydrogens (tertiary/aromatic N) is 3. The molecule has 1 aromatic heterocycles. The van der Waals surface area contributed by atoms with Crippen molar-refractivity contribution in [1.82, 2.24) is 4.98 Å². The Kier molecular flexibility index (Phi) is 6.14. The molecule has 0 atom stereocenters. The van der Waals surface area contributed by atoms with E-state index in [1.807, 2.05) is 30.5 Å². The molecule has 3 rings (SSSR count). The molecule has 0 aliphatic carbocycles. The van der Waals surface area contributed by atoms with Gasteiger partial charge < -0.3 is 0 Å². The van der Waals surface area contributed by atoms with Crippen LogP contribution in [0.5, 0.6) is 0 Å². The number of hydrogen-bond acceptors (Lipinski definition) is 4. The molecule has 0 saturated carbocycles. The fourth-order valence-electron chi connectivity index (χ4n) is 2.22. The van der Waals surface area contributed by atoms with Crippen LogP contribution in [0, 0.1) is 5.82 Å². The van der Waals surface area contributed by atoms with E-state index in [0.29, 0.717) is 32.9 Å². The molecule has 0 unspecified atom stereocenters. The van der Waals surface area contributed by atoms with Crippen molar-refractivity contribution in [1.29, 1.82) is 0 Å². The van der Waals surface area contributed by atoms with Crippen LogP contribution < -0.4 is 0 Å². The first-order valence-electron chi connectivity index (χ1n) is 7.76. The summed E-state index contributed by atoms with van der Waals surface area (Å²) in [6, 6.07) is 11.9. The number of halogens is 3. The summed E-state index contributed by atoms with van der Waals surface area (Å²) in [6.07, 6.45) is 2.29. The third kappa shape index (κ3) is 4.75. The van der Waals surface area contributed by atoms with E-state index < -0.39 is 0 Å². The van der Waals surface area contributed by atoms with Crippen LogP contribution in [0.25, 0.3) is 11.3 Å². The van der Waals surface area contributed by atoms with Gasteiger partial charge in [-0.15, -0.1) is 16.5 Å². The van der Waals surface area contributed by atoms with Crippen molar-refractivity contribution in [2.75, 3.05) is 0 Å². The van der Waals surface area contributed by atoms with Crippen LogP contribution in [0.1, 0.15) is 12.5 Å². The Morgan fingerprint density at radius 1 is 1.23 bits per heavy atom. The molecule has 0 bridgehead atoms. The maximum absolute atomic E-state index is 13.6.